The second kappa shape index (κ2) is 7.64. The van der Waals surface area contributed by atoms with Crippen molar-refractivity contribution in [2.24, 2.45) is 0 Å². The van der Waals surface area contributed by atoms with Crippen molar-refractivity contribution in [3.8, 4) is 11.5 Å². The molecule has 21 heavy (non-hydrogen) atoms. The van der Waals surface area contributed by atoms with Gasteiger partial charge >= 0.3 is 0 Å². The van der Waals surface area contributed by atoms with Crippen LogP contribution in [0.15, 0.2) is 24.3 Å². The predicted octanol–water partition coefficient (Wildman–Crippen LogP) is -0.889. The number of aliphatic hydroxyl groups excluding tert-OH is 1. The summed E-state index contributed by atoms with van der Waals surface area (Å²) in [7, 11) is 0. The monoisotopic (exact) mass is 296 g/mol. The van der Waals surface area contributed by atoms with Gasteiger partial charge in [0.05, 0.1) is 6.04 Å². The molecular formula is C16H28N2O3+2. The van der Waals surface area contributed by atoms with E-state index < -0.39 is 0 Å². The van der Waals surface area contributed by atoms with E-state index in [0.29, 0.717) is 19.2 Å². The zero-order valence-electron chi connectivity index (χ0n) is 13.2. The molecular weight excluding hydrogens is 268 g/mol. The Morgan fingerprint density at radius 3 is 2.52 bits per heavy atom. The number of hydrogen-bond acceptors (Lipinski definition) is 3. The Morgan fingerprint density at radius 1 is 1.14 bits per heavy atom. The van der Waals surface area contributed by atoms with Gasteiger partial charge in [-0.1, -0.05) is 12.1 Å². The molecule has 0 bridgehead atoms. The zero-order chi connectivity index (χ0) is 15.2. The highest BCUT2D eigenvalue weighted by atomic mass is 16.6. The molecule has 2 rings (SSSR count). The Hall–Kier alpha value is -1.30. The normalized spacial score (nSPS) is 20.3. The van der Waals surface area contributed by atoms with Crippen LogP contribution in [-0.4, -0.2) is 49.1 Å². The molecule has 1 aromatic carbocycles. The maximum absolute atomic E-state index is 9.97. The molecule has 3 unspecified atom stereocenters. The van der Waals surface area contributed by atoms with Crippen molar-refractivity contribution in [1.82, 2.24) is 0 Å². The summed E-state index contributed by atoms with van der Waals surface area (Å²) in [4.78, 5) is 0. The summed E-state index contributed by atoms with van der Waals surface area (Å²) < 4.78 is 11.7. The van der Waals surface area contributed by atoms with Crippen LogP contribution in [0.4, 0.5) is 0 Å². The average Bonchev–Trinajstić information content (AvgIpc) is 2.50. The van der Waals surface area contributed by atoms with Gasteiger partial charge in [-0.05, 0) is 32.9 Å². The molecule has 0 aliphatic carbocycles. The van der Waals surface area contributed by atoms with Crippen LogP contribution in [0.2, 0.25) is 0 Å². The molecule has 5 heteroatoms. The summed E-state index contributed by atoms with van der Waals surface area (Å²) in [5, 5.41) is 14.3. The highest BCUT2D eigenvalue weighted by Crippen LogP contribution is 2.31. The first-order valence-electron chi connectivity index (χ1n) is 7.79. The largest absolute Gasteiger partial charge is 0.486 e. The Balaban J connectivity index is 1.76. The minimum Gasteiger partial charge on any atom is -0.486 e. The fourth-order valence-corrected chi connectivity index (χ4v) is 2.34. The van der Waals surface area contributed by atoms with Crippen LogP contribution in [0.3, 0.4) is 0 Å². The van der Waals surface area contributed by atoms with Gasteiger partial charge in [0.25, 0.3) is 0 Å². The standard InChI is InChI=1S/C16H26N2O3/c1-11(2)17-8-13(19)9-18-12(3)16-10-20-14-6-4-5-7-15(14)21-16/h4-7,11-13,16-19H,8-10H2,1-3H3/p+2. The molecule has 0 saturated carbocycles. The summed E-state index contributed by atoms with van der Waals surface area (Å²) in [6.07, 6.45) is -0.284. The zero-order valence-corrected chi connectivity index (χ0v) is 13.2. The number of benzene rings is 1. The third kappa shape index (κ3) is 4.88. The summed E-state index contributed by atoms with van der Waals surface area (Å²) in [6.45, 7) is 8.36. The quantitative estimate of drug-likeness (QED) is 0.611. The third-order valence-electron chi connectivity index (χ3n) is 3.78. The van der Waals surface area contributed by atoms with Crippen LogP contribution in [0.5, 0.6) is 11.5 Å². The van der Waals surface area contributed by atoms with Crippen molar-refractivity contribution < 1.29 is 25.2 Å². The first-order chi connectivity index (χ1) is 10.1. The van der Waals surface area contributed by atoms with E-state index in [1.54, 1.807) is 0 Å². The lowest BCUT2D eigenvalue weighted by atomic mass is 10.1. The number of nitrogens with two attached hydrogens (primary N) is 2. The van der Waals surface area contributed by atoms with Gasteiger partial charge < -0.3 is 25.2 Å². The van der Waals surface area contributed by atoms with Crippen LogP contribution in [-0.2, 0) is 0 Å². The fourth-order valence-electron chi connectivity index (χ4n) is 2.34. The number of para-hydroxylation sites is 2. The van der Waals surface area contributed by atoms with Crippen LogP contribution >= 0.6 is 0 Å². The average molecular weight is 296 g/mol. The molecule has 0 amide bonds. The van der Waals surface area contributed by atoms with Crippen molar-refractivity contribution in [3.63, 3.8) is 0 Å². The summed E-state index contributed by atoms with van der Waals surface area (Å²) >= 11 is 0. The van der Waals surface area contributed by atoms with Crippen LogP contribution in [0.25, 0.3) is 0 Å². The maximum atomic E-state index is 9.97. The van der Waals surface area contributed by atoms with E-state index in [1.165, 1.54) is 0 Å². The van der Waals surface area contributed by atoms with E-state index in [-0.39, 0.29) is 18.2 Å². The lowest BCUT2D eigenvalue weighted by molar-refractivity contribution is -0.721. The molecule has 118 valence electrons. The van der Waals surface area contributed by atoms with Crippen LogP contribution < -0.4 is 20.1 Å². The Kier molecular flexibility index (Phi) is 5.85. The Labute approximate surface area is 126 Å². The molecule has 1 aliphatic heterocycles. The number of rotatable bonds is 7. The van der Waals surface area contributed by atoms with Gasteiger partial charge in [-0.2, -0.15) is 0 Å². The van der Waals surface area contributed by atoms with Crippen molar-refractivity contribution in [3.05, 3.63) is 24.3 Å². The summed E-state index contributed by atoms with van der Waals surface area (Å²) in [5.74, 6) is 1.62. The van der Waals surface area contributed by atoms with E-state index in [0.717, 1.165) is 18.0 Å². The lowest BCUT2D eigenvalue weighted by Gasteiger charge is -2.29. The molecule has 0 saturated heterocycles. The first-order valence-corrected chi connectivity index (χ1v) is 7.79. The maximum Gasteiger partial charge on any atom is 0.184 e. The second-order valence-electron chi connectivity index (χ2n) is 6.11. The number of fused-ring (bicyclic) bond motifs is 1. The molecule has 5 nitrogen and oxygen atoms in total. The summed E-state index contributed by atoms with van der Waals surface area (Å²) in [5.41, 5.74) is 0. The van der Waals surface area contributed by atoms with Gasteiger partial charge in [0, 0.05) is 0 Å². The summed E-state index contributed by atoms with van der Waals surface area (Å²) in [6, 6.07) is 8.51. The molecule has 5 N–H and O–H groups in total. The number of aliphatic hydroxyl groups is 1. The fraction of sp³-hybridized carbons (Fsp3) is 0.625. The number of ether oxygens (including phenoxy) is 2. The van der Waals surface area contributed by atoms with Gasteiger partial charge in [-0.25, -0.2) is 0 Å². The number of quaternary nitrogens is 2. The lowest BCUT2D eigenvalue weighted by Crippen LogP contribution is -2.97. The van der Waals surface area contributed by atoms with Gasteiger partial charge in [-0.3, -0.25) is 0 Å². The highest BCUT2D eigenvalue weighted by molar-refractivity contribution is 5.40. The second-order valence-corrected chi connectivity index (χ2v) is 6.11. The molecule has 1 heterocycles. The van der Waals surface area contributed by atoms with Crippen molar-refractivity contribution in [1.29, 1.82) is 0 Å². The molecule has 0 radical (unpaired) electrons. The molecule has 0 spiro atoms. The molecule has 1 aliphatic rings. The first kappa shape index (κ1) is 16.1. The molecule has 3 atom stereocenters. The van der Waals surface area contributed by atoms with Crippen LogP contribution in [0.1, 0.15) is 20.8 Å². The van der Waals surface area contributed by atoms with E-state index in [9.17, 15) is 5.11 Å². The van der Waals surface area contributed by atoms with Gasteiger partial charge in [0.15, 0.2) is 23.7 Å². The van der Waals surface area contributed by atoms with Gasteiger partial charge in [0.1, 0.15) is 25.7 Å². The highest BCUT2D eigenvalue weighted by Gasteiger charge is 2.28. The topological polar surface area (TPSA) is 71.9 Å². The number of hydrogen-bond donors (Lipinski definition) is 3. The molecule has 0 aromatic heterocycles. The smallest absolute Gasteiger partial charge is 0.184 e. The van der Waals surface area contributed by atoms with E-state index >= 15 is 0 Å². The minimum atomic E-state index is -0.299. The molecule has 0 fully saturated rings. The van der Waals surface area contributed by atoms with Crippen molar-refractivity contribution in [2.45, 2.75) is 45.1 Å². The van der Waals surface area contributed by atoms with E-state index in [2.05, 4.69) is 31.4 Å². The van der Waals surface area contributed by atoms with E-state index in [1.807, 2.05) is 24.3 Å². The van der Waals surface area contributed by atoms with Gasteiger partial charge in [-0.15, -0.1) is 0 Å². The Bertz CT molecular complexity index is 439. The van der Waals surface area contributed by atoms with E-state index in [4.69, 9.17) is 9.47 Å². The van der Waals surface area contributed by atoms with Crippen molar-refractivity contribution in [2.75, 3.05) is 19.7 Å². The van der Waals surface area contributed by atoms with Crippen molar-refractivity contribution >= 4 is 0 Å². The van der Waals surface area contributed by atoms with Crippen LogP contribution in [0, 0.1) is 0 Å². The molecule has 1 aromatic rings. The minimum absolute atomic E-state index is 0.0150. The predicted molar refractivity (Wildman–Crippen MR) is 80.5 cm³/mol. The SMILES string of the molecule is CC(C)[NH2+]CC(O)C[NH2+]C(C)C1COc2ccccc2O1. The Morgan fingerprint density at radius 2 is 1.81 bits per heavy atom. The van der Waals surface area contributed by atoms with Gasteiger partial charge in [0.2, 0.25) is 0 Å². The third-order valence-corrected chi connectivity index (χ3v) is 3.78.